The third-order valence-corrected chi connectivity index (χ3v) is 10.6. The van der Waals surface area contributed by atoms with Crippen molar-refractivity contribution in [3.63, 3.8) is 0 Å². The predicted octanol–water partition coefficient (Wildman–Crippen LogP) is 10.1. The second kappa shape index (κ2) is 25.4. The summed E-state index contributed by atoms with van der Waals surface area (Å²) in [6.07, 6.45) is 18.9. The van der Waals surface area contributed by atoms with Crippen LogP contribution in [0.1, 0.15) is 115 Å². The molecule has 0 saturated carbocycles. The zero-order valence-electron chi connectivity index (χ0n) is 32.1. The molecule has 0 fully saturated rings. The van der Waals surface area contributed by atoms with E-state index in [2.05, 4.69) is 13.8 Å². The van der Waals surface area contributed by atoms with Gasteiger partial charge in [-0.2, -0.15) is 8.42 Å². The van der Waals surface area contributed by atoms with E-state index >= 15 is 0 Å². The van der Waals surface area contributed by atoms with Crippen LogP contribution in [0.4, 0.5) is 0 Å². The summed E-state index contributed by atoms with van der Waals surface area (Å²) in [6, 6.07) is 21.8. The number of rotatable bonds is 22. The zero-order valence-corrected chi connectivity index (χ0v) is 35.9. The second-order valence-electron chi connectivity index (χ2n) is 13.3. The summed E-state index contributed by atoms with van der Waals surface area (Å²) < 4.78 is 75.8. The van der Waals surface area contributed by atoms with Gasteiger partial charge in [0.2, 0.25) is 0 Å². The second-order valence-corrected chi connectivity index (χ2v) is 16.1. The Kier molecular flexibility index (Phi) is 22.3. The average Bonchev–Trinajstić information content (AvgIpc) is 3.13. The molecule has 4 aromatic rings. The maximum atomic E-state index is 12.1. The van der Waals surface area contributed by atoms with Crippen LogP contribution in [0.3, 0.4) is 0 Å². The van der Waals surface area contributed by atoms with Gasteiger partial charge in [0.1, 0.15) is 27.4 Å². The molecule has 0 heterocycles. The number of para-hydroxylation sites is 2. The number of phenols is 1. The molecule has 10 nitrogen and oxygen atoms in total. The van der Waals surface area contributed by atoms with Gasteiger partial charge in [-0.3, -0.25) is 4.55 Å². The maximum Gasteiger partial charge on any atom is 2.00 e. The number of phenolic OH excluding ortho intramolecular Hbond substituents is 1. The Morgan fingerprint density at radius 2 is 0.964 bits per heavy atom. The molecule has 0 amide bonds. The molecule has 0 aromatic heterocycles. The van der Waals surface area contributed by atoms with Gasteiger partial charge in [0, 0.05) is 6.07 Å². The van der Waals surface area contributed by atoms with Gasteiger partial charge in [0.25, 0.3) is 10.1 Å². The maximum absolute atomic E-state index is 12.1. The fraction of sp³-hybridized carbons (Fsp3) is 0.429. The van der Waals surface area contributed by atoms with Gasteiger partial charge < -0.3 is 24.2 Å². The molecule has 0 aliphatic heterocycles. The van der Waals surface area contributed by atoms with Crippen LogP contribution in [0.2, 0.25) is 0 Å². The van der Waals surface area contributed by atoms with Gasteiger partial charge in [-0.05, 0) is 79.3 Å². The first-order valence-corrected chi connectivity index (χ1v) is 21.8. The summed E-state index contributed by atoms with van der Waals surface area (Å²) in [4.78, 5) is -0.917. The van der Waals surface area contributed by atoms with Crippen molar-refractivity contribution in [3.05, 3.63) is 96.1 Å². The minimum atomic E-state index is -4.65. The van der Waals surface area contributed by atoms with E-state index in [-0.39, 0.29) is 59.9 Å². The van der Waals surface area contributed by atoms with E-state index in [4.69, 9.17) is 14.0 Å². The third-order valence-electron chi connectivity index (χ3n) is 8.92. The quantitative estimate of drug-likeness (QED) is 0.0441. The normalized spacial score (nSPS) is 11.3. The number of hydrogen-bond acceptors (Lipinski definition) is 9. The van der Waals surface area contributed by atoms with Gasteiger partial charge in [-0.1, -0.05) is 133 Å². The summed E-state index contributed by atoms with van der Waals surface area (Å²) >= 11 is 0. The number of hydrogen-bond donors (Lipinski definition) is 2. The Morgan fingerprint density at radius 1 is 0.545 bits per heavy atom. The van der Waals surface area contributed by atoms with E-state index in [0.717, 1.165) is 61.4 Å². The first kappa shape index (κ1) is 48.3. The predicted molar refractivity (Wildman–Crippen MR) is 214 cm³/mol. The van der Waals surface area contributed by atoms with E-state index in [1.54, 1.807) is 6.07 Å². The number of aromatic hydroxyl groups is 1. The molecule has 0 aliphatic rings. The van der Waals surface area contributed by atoms with E-state index in [1.807, 2.05) is 42.5 Å². The number of unbranched alkanes of at least 4 members (excludes halogenated alkanes) is 12. The molecule has 0 saturated heterocycles. The van der Waals surface area contributed by atoms with Crippen LogP contribution >= 0.6 is 0 Å². The SMILES string of the molecule is CCCCCCCCCc1ccccc1Oc1ccc(S(=O)(=O)O)cc1O.CCCCCCCCCc1ccccc1Oc1ccc(S(=O)(=O)[O-])cc1[O-].[Ca+2]. The number of aryl methyl sites for hydroxylation is 2. The van der Waals surface area contributed by atoms with Crippen molar-refractivity contribution >= 4 is 58.0 Å². The smallest absolute Gasteiger partial charge is 0.870 e. The van der Waals surface area contributed by atoms with Crippen LogP contribution in [0.15, 0.2) is 94.7 Å². The van der Waals surface area contributed by atoms with Crippen LogP contribution in [0.5, 0.6) is 34.5 Å². The van der Waals surface area contributed by atoms with Gasteiger partial charge in [-0.25, -0.2) is 8.42 Å². The molecule has 4 aromatic carbocycles. The molecule has 296 valence electrons. The van der Waals surface area contributed by atoms with Crippen molar-refractivity contribution in [3.8, 4) is 34.5 Å². The van der Waals surface area contributed by atoms with Crippen LogP contribution in [0.25, 0.3) is 0 Å². The van der Waals surface area contributed by atoms with E-state index < -0.39 is 30.9 Å². The molecule has 0 aliphatic carbocycles. The van der Waals surface area contributed by atoms with Crippen LogP contribution in [-0.4, -0.2) is 68.8 Å². The molecule has 13 heteroatoms. The van der Waals surface area contributed by atoms with Gasteiger partial charge in [0.15, 0.2) is 11.5 Å². The molecule has 2 N–H and O–H groups in total. The van der Waals surface area contributed by atoms with Crippen LogP contribution in [0, 0.1) is 0 Å². The van der Waals surface area contributed by atoms with E-state index in [1.165, 1.54) is 88.8 Å². The standard InChI is InChI=1S/2C21H28O5S.Ca/c2*1-2-3-4-5-6-7-8-11-17-12-9-10-13-20(17)26-21-15-14-18(16-19(21)22)27(23,24)25;/h2*9-10,12-16,22H,2-8,11H2,1H3,(H,23,24,25);/q;;+2/p-2. The van der Waals surface area contributed by atoms with Gasteiger partial charge in [0.05, 0.1) is 9.79 Å². The average molecular weight is 823 g/mol. The molecule has 0 atom stereocenters. The van der Waals surface area contributed by atoms with Crippen molar-refractivity contribution in [2.45, 2.75) is 126 Å². The molecule has 0 radical (unpaired) electrons. The molecular weight excluding hydrogens is 769 g/mol. The van der Waals surface area contributed by atoms with Crippen molar-refractivity contribution in [1.82, 2.24) is 0 Å². The Labute approximate surface area is 357 Å². The molecule has 4 rings (SSSR count). The number of ether oxygens (including phenoxy) is 2. The first-order valence-electron chi connectivity index (χ1n) is 18.9. The van der Waals surface area contributed by atoms with Gasteiger partial charge >= 0.3 is 37.7 Å². The van der Waals surface area contributed by atoms with E-state index in [0.29, 0.717) is 11.5 Å². The molecular formula is C42H54CaO10S2. The van der Waals surface area contributed by atoms with Crippen molar-refractivity contribution in [2.24, 2.45) is 0 Å². The molecule has 0 unspecified atom stereocenters. The minimum Gasteiger partial charge on any atom is -0.870 e. The van der Waals surface area contributed by atoms with Crippen molar-refractivity contribution in [2.75, 3.05) is 0 Å². The molecule has 55 heavy (non-hydrogen) atoms. The topological polar surface area (TPSA) is 173 Å². The van der Waals surface area contributed by atoms with Crippen LogP contribution in [-0.2, 0) is 33.1 Å². The Morgan fingerprint density at radius 3 is 1.40 bits per heavy atom. The Bertz CT molecular complexity index is 1810. The summed E-state index contributed by atoms with van der Waals surface area (Å²) in [7, 11) is -9.01. The van der Waals surface area contributed by atoms with Crippen LogP contribution < -0.4 is 14.6 Å². The molecule has 0 bridgehead atoms. The third kappa shape index (κ3) is 17.9. The summed E-state index contributed by atoms with van der Waals surface area (Å²) in [5.74, 6) is 0.411. The largest absolute Gasteiger partial charge is 2.00 e. The van der Waals surface area contributed by atoms with E-state index in [9.17, 15) is 31.6 Å². The monoisotopic (exact) mass is 822 g/mol. The fourth-order valence-electron chi connectivity index (χ4n) is 5.87. The fourth-order valence-corrected chi connectivity index (χ4v) is 6.86. The minimum absolute atomic E-state index is 0. The summed E-state index contributed by atoms with van der Waals surface area (Å²) in [6.45, 7) is 4.42. The van der Waals surface area contributed by atoms with Crippen molar-refractivity contribution < 1.29 is 45.6 Å². The zero-order chi connectivity index (χ0) is 39.4. The number of benzene rings is 4. The van der Waals surface area contributed by atoms with Gasteiger partial charge in [-0.15, -0.1) is 0 Å². The Hall–Kier alpha value is -2.84. The Balaban J connectivity index is 0.000000373. The first-order chi connectivity index (χ1) is 25.8. The summed E-state index contributed by atoms with van der Waals surface area (Å²) in [5, 5.41) is 22.1. The van der Waals surface area contributed by atoms with Crippen molar-refractivity contribution in [1.29, 1.82) is 0 Å². The summed E-state index contributed by atoms with van der Waals surface area (Å²) in [5.41, 5.74) is 2.05. The molecule has 0 spiro atoms.